The molecule has 0 spiro atoms. The summed E-state index contributed by atoms with van der Waals surface area (Å²) in [6, 6.07) is 2.08. The highest BCUT2D eigenvalue weighted by Gasteiger charge is 1.97. The Bertz CT molecular complexity index is 218. The van der Waals surface area contributed by atoms with Crippen molar-refractivity contribution in [2.45, 2.75) is 20.8 Å². The lowest BCUT2D eigenvalue weighted by atomic mass is 10.2. The van der Waals surface area contributed by atoms with E-state index in [4.69, 9.17) is 0 Å². The normalized spacial score (nSPS) is 10.5. The standard InChI is InChI=1S/C8H14N2S/c1-6(2)5-9-8-4-7(3)10-11-8/h4,6,9H,5H2,1-3H3. The molecule has 0 saturated heterocycles. The Hall–Kier alpha value is -0.570. The molecule has 0 aliphatic heterocycles. The smallest absolute Gasteiger partial charge is 0.109 e. The van der Waals surface area contributed by atoms with Gasteiger partial charge in [0.25, 0.3) is 0 Å². The highest BCUT2D eigenvalue weighted by atomic mass is 32.1. The summed E-state index contributed by atoms with van der Waals surface area (Å²) in [6.07, 6.45) is 0. The fraction of sp³-hybridized carbons (Fsp3) is 0.625. The van der Waals surface area contributed by atoms with Crippen LogP contribution < -0.4 is 5.32 Å². The maximum atomic E-state index is 4.17. The van der Waals surface area contributed by atoms with Crippen LogP contribution in [0.5, 0.6) is 0 Å². The minimum Gasteiger partial charge on any atom is -0.375 e. The summed E-state index contributed by atoms with van der Waals surface area (Å²) in [5, 5.41) is 4.50. The summed E-state index contributed by atoms with van der Waals surface area (Å²) in [4.78, 5) is 0. The molecule has 1 N–H and O–H groups in total. The number of hydrogen-bond acceptors (Lipinski definition) is 3. The lowest BCUT2D eigenvalue weighted by Crippen LogP contribution is -2.06. The first kappa shape index (κ1) is 8.53. The molecule has 0 unspecified atom stereocenters. The Morgan fingerprint density at radius 3 is 2.82 bits per heavy atom. The van der Waals surface area contributed by atoms with E-state index in [0.717, 1.165) is 12.2 Å². The Kier molecular flexibility index (Phi) is 2.88. The van der Waals surface area contributed by atoms with Gasteiger partial charge in [0.05, 0.1) is 5.69 Å². The first-order chi connectivity index (χ1) is 5.18. The minimum atomic E-state index is 0.692. The Morgan fingerprint density at radius 2 is 2.36 bits per heavy atom. The molecule has 0 fully saturated rings. The van der Waals surface area contributed by atoms with E-state index in [1.165, 1.54) is 16.5 Å². The molecule has 62 valence electrons. The third kappa shape index (κ3) is 2.89. The van der Waals surface area contributed by atoms with Crippen LogP contribution in [0.1, 0.15) is 19.5 Å². The third-order valence-electron chi connectivity index (χ3n) is 1.31. The molecule has 0 radical (unpaired) electrons. The van der Waals surface area contributed by atoms with E-state index in [0.29, 0.717) is 5.92 Å². The zero-order valence-electron chi connectivity index (χ0n) is 7.22. The number of aryl methyl sites for hydroxylation is 1. The second kappa shape index (κ2) is 3.72. The van der Waals surface area contributed by atoms with Crippen molar-refractivity contribution in [3.63, 3.8) is 0 Å². The highest BCUT2D eigenvalue weighted by molar-refractivity contribution is 7.10. The zero-order valence-corrected chi connectivity index (χ0v) is 8.03. The molecule has 0 amide bonds. The first-order valence-electron chi connectivity index (χ1n) is 3.85. The summed E-state index contributed by atoms with van der Waals surface area (Å²) >= 11 is 1.53. The van der Waals surface area contributed by atoms with Gasteiger partial charge in [0.1, 0.15) is 5.00 Å². The summed E-state index contributed by atoms with van der Waals surface area (Å²) < 4.78 is 4.17. The van der Waals surface area contributed by atoms with Crippen molar-refractivity contribution in [3.8, 4) is 0 Å². The number of nitrogens with zero attached hydrogens (tertiary/aromatic N) is 1. The van der Waals surface area contributed by atoms with Crippen molar-refractivity contribution in [2.75, 3.05) is 11.9 Å². The quantitative estimate of drug-likeness (QED) is 0.754. The van der Waals surface area contributed by atoms with Crippen molar-refractivity contribution in [2.24, 2.45) is 5.92 Å². The fourth-order valence-electron chi connectivity index (χ4n) is 0.752. The van der Waals surface area contributed by atoms with E-state index in [1.807, 2.05) is 6.92 Å². The Balaban J connectivity index is 2.39. The monoisotopic (exact) mass is 170 g/mol. The van der Waals surface area contributed by atoms with Crippen LogP contribution in [0.3, 0.4) is 0 Å². The van der Waals surface area contributed by atoms with Gasteiger partial charge < -0.3 is 5.32 Å². The SMILES string of the molecule is Cc1cc(NCC(C)C)sn1. The molecule has 2 nitrogen and oxygen atoms in total. The van der Waals surface area contributed by atoms with Crippen LogP contribution in [-0.4, -0.2) is 10.9 Å². The van der Waals surface area contributed by atoms with E-state index >= 15 is 0 Å². The van der Waals surface area contributed by atoms with Gasteiger partial charge in [-0.05, 0) is 30.4 Å². The van der Waals surface area contributed by atoms with Gasteiger partial charge in [-0.1, -0.05) is 13.8 Å². The van der Waals surface area contributed by atoms with E-state index in [-0.39, 0.29) is 0 Å². The molecule has 1 aromatic rings. The van der Waals surface area contributed by atoms with Crippen molar-refractivity contribution in [1.82, 2.24) is 4.37 Å². The predicted molar refractivity (Wildman–Crippen MR) is 50.2 cm³/mol. The van der Waals surface area contributed by atoms with Crippen molar-refractivity contribution >= 4 is 16.5 Å². The summed E-state index contributed by atoms with van der Waals surface area (Å²) in [5.74, 6) is 0.692. The Labute approximate surface area is 71.8 Å². The largest absolute Gasteiger partial charge is 0.375 e. The molecule has 1 heterocycles. The molecular weight excluding hydrogens is 156 g/mol. The second-order valence-electron chi connectivity index (χ2n) is 3.11. The maximum Gasteiger partial charge on any atom is 0.109 e. The second-order valence-corrected chi connectivity index (χ2v) is 3.91. The molecule has 0 aliphatic rings. The lowest BCUT2D eigenvalue weighted by molar-refractivity contribution is 0.690. The average molecular weight is 170 g/mol. The molecule has 0 aliphatic carbocycles. The number of rotatable bonds is 3. The lowest BCUT2D eigenvalue weighted by Gasteiger charge is -2.04. The van der Waals surface area contributed by atoms with Crippen LogP contribution in [0.2, 0.25) is 0 Å². The molecule has 1 rings (SSSR count). The van der Waals surface area contributed by atoms with E-state index in [1.54, 1.807) is 0 Å². The highest BCUT2D eigenvalue weighted by Crippen LogP contribution is 2.15. The zero-order chi connectivity index (χ0) is 8.27. The third-order valence-corrected chi connectivity index (χ3v) is 2.15. The molecule has 1 aromatic heterocycles. The molecule has 0 atom stereocenters. The van der Waals surface area contributed by atoms with Gasteiger partial charge in [0.15, 0.2) is 0 Å². The first-order valence-corrected chi connectivity index (χ1v) is 4.63. The molecule has 11 heavy (non-hydrogen) atoms. The molecule has 0 aromatic carbocycles. The van der Waals surface area contributed by atoms with Gasteiger partial charge in [-0.3, -0.25) is 0 Å². The van der Waals surface area contributed by atoms with E-state index in [2.05, 4.69) is 29.6 Å². The topological polar surface area (TPSA) is 24.9 Å². The van der Waals surface area contributed by atoms with Crippen LogP contribution in [-0.2, 0) is 0 Å². The fourth-order valence-corrected chi connectivity index (χ4v) is 1.42. The average Bonchev–Trinajstić information content (AvgIpc) is 2.31. The van der Waals surface area contributed by atoms with Gasteiger partial charge in [0.2, 0.25) is 0 Å². The van der Waals surface area contributed by atoms with Crippen LogP contribution in [0.25, 0.3) is 0 Å². The maximum absolute atomic E-state index is 4.17. The molecular formula is C8H14N2S. The van der Waals surface area contributed by atoms with Gasteiger partial charge >= 0.3 is 0 Å². The number of hydrogen-bond donors (Lipinski definition) is 1. The molecule has 0 bridgehead atoms. The predicted octanol–water partition coefficient (Wildman–Crippen LogP) is 2.52. The number of aromatic nitrogens is 1. The van der Waals surface area contributed by atoms with E-state index in [9.17, 15) is 0 Å². The van der Waals surface area contributed by atoms with Gasteiger partial charge in [-0.25, -0.2) is 0 Å². The van der Waals surface area contributed by atoms with Gasteiger partial charge in [-0.2, -0.15) is 4.37 Å². The van der Waals surface area contributed by atoms with Crippen molar-refractivity contribution < 1.29 is 0 Å². The van der Waals surface area contributed by atoms with Crippen LogP contribution in [0.15, 0.2) is 6.07 Å². The number of nitrogens with one attached hydrogen (secondary N) is 1. The van der Waals surface area contributed by atoms with Crippen LogP contribution in [0, 0.1) is 12.8 Å². The summed E-state index contributed by atoms with van der Waals surface area (Å²) in [5.41, 5.74) is 1.10. The number of anilines is 1. The summed E-state index contributed by atoms with van der Waals surface area (Å²) in [7, 11) is 0. The van der Waals surface area contributed by atoms with Gasteiger partial charge in [0, 0.05) is 6.54 Å². The van der Waals surface area contributed by atoms with Gasteiger partial charge in [-0.15, -0.1) is 0 Å². The molecule has 3 heteroatoms. The van der Waals surface area contributed by atoms with Crippen molar-refractivity contribution in [3.05, 3.63) is 11.8 Å². The van der Waals surface area contributed by atoms with Crippen LogP contribution in [0.4, 0.5) is 5.00 Å². The van der Waals surface area contributed by atoms with Crippen molar-refractivity contribution in [1.29, 1.82) is 0 Å². The molecule has 0 saturated carbocycles. The van der Waals surface area contributed by atoms with Crippen LogP contribution >= 0.6 is 11.5 Å². The Morgan fingerprint density at radius 1 is 1.64 bits per heavy atom. The summed E-state index contributed by atoms with van der Waals surface area (Å²) in [6.45, 7) is 7.43. The van der Waals surface area contributed by atoms with E-state index < -0.39 is 0 Å². The minimum absolute atomic E-state index is 0.692.